The Morgan fingerprint density at radius 2 is 1.92 bits per heavy atom. The highest BCUT2D eigenvalue weighted by Gasteiger charge is 2.48. The van der Waals surface area contributed by atoms with Gasteiger partial charge in [0.15, 0.2) is 5.13 Å². The summed E-state index contributed by atoms with van der Waals surface area (Å²) < 4.78 is 12.0. The Labute approximate surface area is 224 Å². The normalized spacial score (nSPS) is 20.1. The molecule has 2 aliphatic rings. The first-order valence-electron chi connectivity index (χ1n) is 12.5. The number of ether oxygens (including phenoxy) is 2. The van der Waals surface area contributed by atoms with Gasteiger partial charge in [0.05, 0.1) is 28.9 Å². The van der Waals surface area contributed by atoms with Crippen LogP contribution in [0.3, 0.4) is 0 Å². The van der Waals surface area contributed by atoms with Crippen molar-refractivity contribution in [3.63, 3.8) is 0 Å². The summed E-state index contributed by atoms with van der Waals surface area (Å²) in [6, 6.07) is 17.8. The number of hydrogen-bond donors (Lipinski definition) is 1. The number of rotatable bonds is 5. The average Bonchev–Trinajstić information content (AvgIpc) is 3.60. The summed E-state index contributed by atoms with van der Waals surface area (Å²) in [5, 5.41) is 11.9. The van der Waals surface area contributed by atoms with Gasteiger partial charge in [-0.3, -0.25) is 14.5 Å². The SMILES string of the molecule is CCc1ccc([C@@H]2C(=C(O)c3ccc4c(c3)C[C@H](C)O4)C(=O)C(=O)N2c2nc3ccc(OC)cc3s2)cc1. The van der Waals surface area contributed by atoms with E-state index in [9.17, 15) is 14.7 Å². The van der Waals surface area contributed by atoms with Gasteiger partial charge in [0.2, 0.25) is 0 Å². The molecule has 0 saturated carbocycles. The van der Waals surface area contributed by atoms with Gasteiger partial charge in [-0.2, -0.15) is 0 Å². The van der Waals surface area contributed by atoms with E-state index in [0.717, 1.165) is 33.6 Å². The molecule has 1 amide bonds. The summed E-state index contributed by atoms with van der Waals surface area (Å²) >= 11 is 1.30. The fourth-order valence-corrected chi connectivity index (χ4v) is 6.15. The molecule has 0 bridgehead atoms. The Bertz CT molecular complexity index is 1620. The molecule has 0 spiro atoms. The molecule has 2 atom stereocenters. The molecule has 192 valence electrons. The van der Waals surface area contributed by atoms with Crippen molar-refractivity contribution in [1.29, 1.82) is 0 Å². The van der Waals surface area contributed by atoms with Gasteiger partial charge >= 0.3 is 5.91 Å². The zero-order valence-corrected chi connectivity index (χ0v) is 22.0. The van der Waals surface area contributed by atoms with Gasteiger partial charge < -0.3 is 14.6 Å². The molecule has 3 aromatic carbocycles. The van der Waals surface area contributed by atoms with E-state index in [4.69, 9.17) is 9.47 Å². The minimum absolute atomic E-state index is 0.0442. The zero-order valence-electron chi connectivity index (χ0n) is 21.2. The second kappa shape index (κ2) is 9.29. The van der Waals surface area contributed by atoms with Crippen LogP contribution in [-0.4, -0.2) is 35.0 Å². The first kappa shape index (κ1) is 24.2. The van der Waals surface area contributed by atoms with Gasteiger partial charge in [-0.05, 0) is 66.4 Å². The monoisotopic (exact) mass is 526 g/mol. The van der Waals surface area contributed by atoms with Gasteiger partial charge in [-0.15, -0.1) is 0 Å². The Morgan fingerprint density at radius 1 is 1.13 bits per heavy atom. The van der Waals surface area contributed by atoms with Crippen LogP contribution in [0.25, 0.3) is 16.0 Å². The average molecular weight is 527 g/mol. The molecule has 1 aromatic heterocycles. The minimum Gasteiger partial charge on any atom is -0.507 e. The fourth-order valence-electron chi connectivity index (χ4n) is 5.13. The number of hydrogen-bond acceptors (Lipinski definition) is 7. The number of carbonyl (C=O) groups is 2. The van der Waals surface area contributed by atoms with Crippen molar-refractivity contribution < 1.29 is 24.2 Å². The maximum Gasteiger partial charge on any atom is 0.301 e. The van der Waals surface area contributed by atoms with E-state index >= 15 is 0 Å². The summed E-state index contributed by atoms with van der Waals surface area (Å²) in [7, 11) is 1.59. The van der Waals surface area contributed by atoms with Crippen LogP contribution in [0, 0.1) is 0 Å². The van der Waals surface area contributed by atoms with Gasteiger partial charge in [-0.1, -0.05) is 42.5 Å². The molecule has 6 rings (SSSR count). The lowest BCUT2D eigenvalue weighted by Gasteiger charge is -2.23. The highest BCUT2D eigenvalue weighted by Crippen LogP contribution is 2.45. The summed E-state index contributed by atoms with van der Waals surface area (Å²) in [6.45, 7) is 4.05. The van der Waals surface area contributed by atoms with Crippen molar-refractivity contribution in [2.45, 2.75) is 38.8 Å². The maximum absolute atomic E-state index is 13.5. The Hall–Kier alpha value is -4.17. The third-order valence-electron chi connectivity index (χ3n) is 7.11. The lowest BCUT2D eigenvalue weighted by atomic mass is 9.94. The number of benzene rings is 3. The number of Topliss-reactive ketones (excluding diaryl/α,β-unsaturated/α-hetero) is 1. The van der Waals surface area contributed by atoms with Gasteiger partial charge in [0.25, 0.3) is 5.78 Å². The quantitative estimate of drug-likeness (QED) is 0.200. The second-order valence-electron chi connectivity index (χ2n) is 9.55. The molecule has 7 nitrogen and oxygen atoms in total. The first-order chi connectivity index (χ1) is 18.4. The van der Waals surface area contributed by atoms with Crippen LogP contribution in [0.4, 0.5) is 5.13 Å². The predicted molar refractivity (Wildman–Crippen MR) is 147 cm³/mol. The number of fused-ring (bicyclic) bond motifs is 2. The van der Waals surface area contributed by atoms with Crippen LogP contribution < -0.4 is 14.4 Å². The number of carbonyl (C=O) groups excluding carboxylic acids is 2. The number of aryl methyl sites for hydroxylation is 1. The minimum atomic E-state index is -0.827. The van der Waals surface area contributed by atoms with E-state index in [2.05, 4.69) is 11.9 Å². The molecule has 8 heteroatoms. The van der Waals surface area contributed by atoms with E-state index in [0.29, 0.717) is 28.4 Å². The zero-order chi connectivity index (χ0) is 26.6. The molecular formula is C30H26N2O5S. The molecule has 2 aliphatic heterocycles. The van der Waals surface area contributed by atoms with Crippen molar-refractivity contribution in [2.75, 3.05) is 12.0 Å². The lowest BCUT2D eigenvalue weighted by molar-refractivity contribution is -0.132. The van der Waals surface area contributed by atoms with E-state index in [1.54, 1.807) is 25.3 Å². The smallest absolute Gasteiger partial charge is 0.301 e. The number of nitrogens with zero attached hydrogens (tertiary/aromatic N) is 2. The van der Waals surface area contributed by atoms with Gasteiger partial charge in [0.1, 0.15) is 23.4 Å². The number of anilines is 1. The summed E-state index contributed by atoms with van der Waals surface area (Å²) in [4.78, 5) is 33.2. The molecule has 0 radical (unpaired) electrons. The Morgan fingerprint density at radius 3 is 2.66 bits per heavy atom. The number of aliphatic hydroxyl groups excluding tert-OH is 1. The number of ketones is 1. The lowest BCUT2D eigenvalue weighted by Crippen LogP contribution is -2.29. The fraction of sp³-hybridized carbons (Fsp3) is 0.233. The van der Waals surface area contributed by atoms with E-state index in [1.807, 2.05) is 49.4 Å². The largest absolute Gasteiger partial charge is 0.507 e. The number of amides is 1. The molecular weight excluding hydrogens is 500 g/mol. The summed E-state index contributed by atoms with van der Waals surface area (Å²) in [5.74, 6) is -0.225. The number of aromatic nitrogens is 1. The van der Waals surface area contributed by atoms with Crippen LogP contribution >= 0.6 is 11.3 Å². The van der Waals surface area contributed by atoms with E-state index in [1.165, 1.54) is 16.2 Å². The molecule has 1 saturated heterocycles. The van der Waals surface area contributed by atoms with Crippen LogP contribution in [0.1, 0.15) is 42.1 Å². The topological polar surface area (TPSA) is 89.0 Å². The van der Waals surface area contributed by atoms with Crippen molar-refractivity contribution in [2.24, 2.45) is 0 Å². The number of methoxy groups -OCH3 is 1. The maximum atomic E-state index is 13.5. The van der Waals surface area contributed by atoms with Gasteiger partial charge in [-0.25, -0.2) is 4.98 Å². The Kier molecular flexibility index (Phi) is 5.91. The summed E-state index contributed by atoms with van der Waals surface area (Å²) in [5.41, 5.74) is 4.02. The standard InChI is InChI=1S/C30H26N2O5S/c1-4-17-5-7-18(8-6-17)26-25(27(33)19-9-12-23-20(14-19)13-16(2)37-23)28(34)29(35)32(26)30-31-22-11-10-21(36-3)15-24(22)38-30/h5-12,14-16,26,33H,4,13H2,1-3H3/t16-,26+/m0/s1. The van der Waals surface area contributed by atoms with Crippen LogP contribution in [0.5, 0.6) is 11.5 Å². The Balaban J connectivity index is 1.52. The third-order valence-corrected chi connectivity index (χ3v) is 8.13. The molecule has 0 aliphatic carbocycles. The van der Waals surface area contributed by atoms with Crippen LogP contribution in [-0.2, 0) is 22.4 Å². The summed E-state index contributed by atoms with van der Waals surface area (Å²) in [6.07, 6.45) is 1.61. The molecule has 4 aromatic rings. The number of thiazole rings is 1. The molecule has 1 N–H and O–H groups in total. The van der Waals surface area contributed by atoms with Crippen molar-refractivity contribution in [1.82, 2.24) is 4.98 Å². The van der Waals surface area contributed by atoms with Crippen molar-refractivity contribution in [3.05, 3.63) is 88.5 Å². The van der Waals surface area contributed by atoms with Crippen molar-refractivity contribution >= 4 is 44.1 Å². The van der Waals surface area contributed by atoms with Gasteiger partial charge in [0, 0.05) is 12.0 Å². The van der Waals surface area contributed by atoms with E-state index in [-0.39, 0.29) is 17.4 Å². The third kappa shape index (κ3) is 3.92. The predicted octanol–water partition coefficient (Wildman–Crippen LogP) is 5.82. The molecule has 3 heterocycles. The van der Waals surface area contributed by atoms with Crippen LogP contribution in [0.15, 0.2) is 66.2 Å². The van der Waals surface area contributed by atoms with E-state index < -0.39 is 17.7 Å². The molecule has 0 unspecified atom stereocenters. The number of aliphatic hydroxyl groups is 1. The highest BCUT2D eigenvalue weighted by molar-refractivity contribution is 7.22. The van der Waals surface area contributed by atoms with Crippen molar-refractivity contribution in [3.8, 4) is 11.5 Å². The molecule has 38 heavy (non-hydrogen) atoms. The van der Waals surface area contributed by atoms with Crippen LogP contribution in [0.2, 0.25) is 0 Å². The first-order valence-corrected chi connectivity index (χ1v) is 13.3. The molecule has 1 fully saturated rings. The highest BCUT2D eigenvalue weighted by atomic mass is 32.1. The second-order valence-corrected chi connectivity index (χ2v) is 10.6.